The maximum Gasteiger partial charge on any atom is 0.318 e. The molecule has 3 fully saturated rings. The fourth-order valence-electron chi connectivity index (χ4n) is 6.91. The van der Waals surface area contributed by atoms with Crippen molar-refractivity contribution >= 4 is 11.9 Å². The van der Waals surface area contributed by atoms with E-state index in [1.54, 1.807) is 23.1 Å². The molecular weight excluding hydrogens is 562 g/mol. The van der Waals surface area contributed by atoms with Crippen LogP contribution in [0.15, 0.2) is 78.9 Å². The standard InChI is InChI=1S/C35H40F2N4O3/c36-30-14-13-29(25-31(30)37)35(26-41(23-24-44-35)32(42)27-9-3-1-4-10-27)17-22-39-20-15-34(16-21-39,28-11-5-2-6-12-28)38-33(43)40-18-7-8-19-40/h1-6,9-14,25H,7-8,15-24,26H2,(H,38,43). The summed E-state index contributed by atoms with van der Waals surface area (Å²) in [6, 6.07) is 23.2. The van der Waals surface area contributed by atoms with Gasteiger partial charge in [-0.25, -0.2) is 13.6 Å². The summed E-state index contributed by atoms with van der Waals surface area (Å²) in [6.45, 7) is 4.65. The molecule has 3 aliphatic rings. The lowest BCUT2D eigenvalue weighted by atomic mass is 9.80. The first-order valence-corrected chi connectivity index (χ1v) is 15.7. The summed E-state index contributed by atoms with van der Waals surface area (Å²) >= 11 is 0. The van der Waals surface area contributed by atoms with Gasteiger partial charge in [-0.15, -0.1) is 0 Å². The van der Waals surface area contributed by atoms with Crippen LogP contribution in [0.4, 0.5) is 13.6 Å². The Morgan fingerprint density at radius 2 is 1.45 bits per heavy atom. The summed E-state index contributed by atoms with van der Waals surface area (Å²) in [6.07, 6.45) is 4.06. The van der Waals surface area contributed by atoms with E-state index in [0.717, 1.165) is 63.5 Å². The number of morpholine rings is 1. The molecule has 44 heavy (non-hydrogen) atoms. The van der Waals surface area contributed by atoms with Crippen LogP contribution in [-0.4, -0.2) is 79.1 Å². The molecule has 0 radical (unpaired) electrons. The molecule has 3 amide bonds. The van der Waals surface area contributed by atoms with Gasteiger partial charge in [-0.3, -0.25) is 4.79 Å². The summed E-state index contributed by atoms with van der Waals surface area (Å²) < 4.78 is 34.9. The van der Waals surface area contributed by atoms with Crippen LogP contribution in [0.5, 0.6) is 0 Å². The lowest BCUT2D eigenvalue weighted by molar-refractivity contribution is -0.114. The molecule has 0 spiro atoms. The first kappa shape index (κ1) is 30.2. The molecule has 3 aliphatic heterocycles. The van der Waals surface area contributed by atoms with E-state index in [2.05, 4.69) is 22.3 Å². The van der Waals surface area contributed by atoms with Gasteiger partial charge in [0.05, 0.1) is 18.7 Å². The average molecular weight is 603 g/mol. The van der Waals surface area contributed by atoms with Crippen molar-refractivity contribution in [2.24, 2.45) is 0 Å². The van der Waals surface area contributed by atoms with E-state index in [0.29, 0.717) is 30.6 Å². The number of nitrogens with zero attached hydrogens (tertiary/aromatic N) is 3. The van der Waals surface area contributed by atoms with Crippen LogP contribution in [0.2, 0.25) is 0 Å². The zero-order valence-electron chi connectivity index (χ0n) is 25.0. The van der Waals surface area contributed by atoms with E-state index in [-0.39, 0.29) is 25.1 Å². The molecule has 1 atom stereocenters. The number of urea groups is 1. The number of piperidine rings is 1. The molecule has 3 heterocycles. The number of ether oxygens (including phenoxy) is 1. The second-order valence-electron chi connectivity index (χ2n) is 12.2. The van der Waals surface area contributed by atoms with Gasteiger partial charge in [0.25, 0.3) is 5.91 Å². The Kier molecular flexibility index (Phi) is 8.96. The maximum absolute atomic E-state index is 14.5. The molecule has 3 saturated heterocycles. The highest BCUT2D eigenvalue weighted by Crippen LogP contribution is 2.37. The van der Waals surface area contributed by atoms with Gasteiger partial charge in [-0.05, 0) is 67.5 Å². The molecule has 1 N–H and O–H groups in total. The van der Waals surface area contributed by atoms with E-state index in [4.69, 9.17) is 4.74 Å². The van der Waals surface area contributed by atoms with Crippen molar-refractivity contribution in [2.75, 3.05) is 52.4 Å². The number of hydrogen-bond donors (Lipinski definition) is 1. The van der Waals surface area contributed by atoms with Crippen molar-refractivity contribution in [1.82, 2.24) is 20.0 Å². The largest absolute Gasteiger partial charge is 0.367 e. The number of likely N-dealkylation sites (tertiary alicyclic amines) is 2. The molecule has 7 nitrogen and oxygen atoms in total. The fourth-order valence-corrected chi connectivity index (χ4v) is 6.91. The van der Waals surface area contributed by atoms with Crippen molar-refractivity contribution in [1.29, 1.82) is 0 Å². The average Bonchev–Trinajstić information content (AvgIpc) is 3.62. The quantitative estimate of drug-likeness (QED) is 0.387. The van der Waals surface area contributed by atoms with Crippen molar-refractivity contribution in [3.8, 4) is 0 Å². The predicted molar refractivity (Wildman–Crippen MR) is 164 cm³/mol. The van der Waals surface area contributed by atoms with E-state index >= 15 is 0 Å². The number of halogens is 2. The fraction of sp³-hybridized carbons (Fsp3) is 0.429. The van der Waals surface area contributed by atoms with Gasteiger partial charge < -0.3 is 24.8 Å². The molecule has 3 aromatic rings. The van der Waals surface area contributed by atoms with Crippen LogP contribution in [0.1, 0.15) is 53.6 Å². The number of carbonyl (C=O) groups excluding carboxylic acids is 2. The summed E-state index contributed by atoms with van der Waals surface area (Å²) in [5.41, 5.74) is 0.759. The van der Waals surface area contributed by atoms with Crippen molar-refractivity contribution in [2.45, 2.75) is 43.2 Å². The highest BCUT2D eigenvalue weighted by Gasteiger charge is 2.43. The van der Waals surface area contributed by atoms with Crippen molar-refractivity contribution in [3.05, 3.63) is 107 Å². The number of carbonyl (C=O) groups is 2. The Bertz CT molecular complexity index is 1440. The molecule has 6 rings (SSSR count). The lowest BCUT2D eigenvalue weighted by Gasteiger charge is -2.46. The van der Waals surface area contributed by atoms with Crippen LogP contribution in [0, 0.1) is 11.6 Å². The first-order valence-electron chi connectivity index (χ1n) is 15.7. The Labute approximate surface area is 257 Å². The van der Waals surface area contributed by atoms with Crippen molar-refractivity contribution < 1.29 is 23.1 Å². The molecule has 3 aromatic carbocycles. The number of hydrogen-bond acceptors (Lipinski definition) is 4. The molecule has 0 bridgehead atoms. The SMILES string of the molecule is O=C(NC1(c2ccccc2)CCN(CCC2(c3ccc(F)c(F)c3)CN(C(=O)c3ccccc3)CCO2)CC1)N1CCCC1. The van der Waals surface area contributed by atoms with E-state index in [9.17, 15) is 18.4 Å². The Morgan fingerprint density at radius 1 is 0.773 bits per heavy atom. The summed E-state index contributed by atoms with van der Waals surface area (Å²) in [4.78, 5) is 32.7. The van der Waals surface area contributed by atoms with Crippen LogP contribution >= 0.6 is 0 Å². The molecule has 0 aromatic heterocycles. The monoisotopic (exact) mass is 602 g/mol. The third-order valence-electron chi connectivity index (χ3n) is 9.55. The molecular formula is C35H40F2N4O3. The maximum atomic E-state index is 14.5. The second-order valence-corrected chi connectivity index (χ2v) is 12.2. The summed E-state index contributed by atoms with van der Waals surface area (Å²) in [7, 11) is 0. The van der Waals surface area contributed by atoms with Gasteiger partial charge in [0.2, 0.25) is 0 Å². The minimum atomic E-state index is -0.991. The smallest absolute Gasteiger partial charge is 0.318 e. The topological polar surface area (TPSA) is 65.1 Å². The highest BCUT2D eigenvalue weighted by molar-refractivity contribution is 5.94. The normalized spacial score (nSPS) is 22.1. The first-order chi connectivity index (χ1) is 21.4. The van der Waals surface area contributed by atoms with Crippen LogP contribution in [-0.2, 0) is 15.9 Å². The Morgan fingerprint density at radius 3 is 2.14 bits per heavy atom. The minimum absolute atomic E-state index is 0.00382. The van der Waals surface area contributed by atoms with Gasteiger partial charge in [0, 0.05) is 44.8 Å². The lowest BCUT2D eigenvalue weighted by Crippen LogP contribution is -2.56. The van der Waals surface area contributed by atoms with E-state index in [1.165, 1.54) is 6.07 Å². The minimum Gasteiger partial charge on any atom is -0.367 e. The van der Waals surface area contributed by atoms with Gasteiger partial charge in [-0.2, -0.15) is 0 Å². The van der Waals surface area contributed by atoms with Crippen LogP contribution in [0.25, 0.3) is 0 Å². The predicted octanol–water partition coefficient (Wildman–Crippen LogP) is 5.52. The molecule has 9 heteroatoms. The number of nitrogens with one attached hydrogen (secondary N) is 1. The van der Waals surface area contributed by atoms with Gasteiger partial charge in [0.15, 0.2) is 11.6 Å². The Hall–Kier alpha value is -3.82. The number of rotatable bonds is 7. The third kappa shape index (κ3) is 6.35. The Balaban J connectivity index is 1.19. The third-order valence-corrected chi connectivity index (χ3v) is 9.55. The van der Waals surface area contributed by atoms with E-state index in [1.807, 2.05) is 41.3 Å². The van der Waals surface area contributed by atoms with Crippen molar-refractivity contribution in [3.63, 3.8) is 0 Å². The van der Waals surface area contributed by atoms with Crippen LogP contribution in [0.3, 0.4) is 0 Å². The second kappa shape index (κ2) is 13.0. The molecule has 0 saturated carbocycles. The van der Waals surface area contributed by atoms with Crippen LogP contribution < -0.4 is 5.32 Å². The van der Waals surface area contributed by atoms with Gasteiger partial charge >= 0.3 is 6.03 Å². The molecule has 232 valence electrons. The number of amides is 3. The molecule has 0 aliphatic carbocycles. The zero-order valence-corrected chi connectivity index (χ0v) is 25.0. The zero-order chi connectivity index (χ0) is 30.6. The van der Waals surface area contributed by atoms with E-state index < -0.39 is 22.8 Å². The number of benzene rings is 3. The summed E-state index contributed by atoms with van der Waals surface area (Å²) in [5, 5.41) is 3.41. The van der Waals surface area contributed by atoms with Gasteiger partial charge in [-0.1, -0.05) is 54.6 Å². The van der Waals surface area contributed by atoms with Gasteiger partial charge in [0.1, 0.15) is 5.60 Å². The summed E-state index contributed by atoms with van der Waals surface area (Å²) in [5.74, 6) is -1.96. The highest BCUT2D eigenvalue weighted by atomic mass is 19.2. The molecule has 1 unspecified atom stereocenters.